The Hall–Kier alpha value is -0.100. The van der Waals surface area contributed by atoms with Crippen LogP contribution in [0.2, 0.25) is 0 Å². The van der Waals surface area contributed by atoms with E-state index in [1.807, 2.05) is 24.1 Å². The molecule has 1 aliphatic heterocycles. The van der Waals surface area contributed by atoms with E-state index in [9.17, 15) is 4.79 Å². The van der Waals surface area contributed by atoms with E-state index < -0.39 is 0 Å². The molecule has 3 nitrogen and oxygen atoms in total. The Kier molecular flexibility index (Phi) is 4.58. The quantitative estimate of drug-likeness (QED) is 0.906. The lowest BCUT2D eigenvalue weighted by atomic mass is 10.1. The van der Waals surface area contributed by atoms with Crippen molar-refractivity contribution in [1.29, 1.82) is 0 Å². The second kappa shape index (κ2) is 5.30. The van der Waals surface area contributed by atoms with Crippen molar-refractivity contribution in [3.8, 4) is 0 Å². The molecule has 0 spiro atoms. The van der Waals surface area contributed by atoms with Gasteiger partial charge >= 0.3 is 0 Å². The number of carbonyl (C=O) groups excluding carboxylic acids is 1. The standard InChI is InChI=1S/C9H11BrN2OS.ClH/c1-12(6-4-11-5-6)9(13)7-2-3-8(10)14-7;/h2-3,6,11H,4-5H2,1H3;1H. The van der Waals surface area contributed by atoms with Gasteiger partial charge in [0.2, 0.25) is 0 Å². The van der Waals surface area contributed by atoms with E-state index in [1.54, 1.807) is 0 Å². The molecule has 0 bridgehead atoms. The monoisotopic (exact) mass is 310 g/mol. The Bertz CT molecular complexity index is 354. The first-order valence-electron chi connectivity index (χ1n) is 4.41. The molecule has 6 heteroatoms. The van der Waals surface area contributed by atoms with E-state index in [4.69, 9.17) is 0 Å². The minimum absolute atomic E-state index is 0. The van der Waals surface area contributed by atoms with Crippen molar-refractivity contribution >= 4 is 45.6 Å². The van der Waals surface area contributed by atoms with Gasteiger partial charge in [0.05, 0.1) is 14.7 Å². The fourth-order valence-electron chi connectivity index (χ4n) is 1.32. The van der Waals surface area contributed by atoms with Gasteiger partial charge in [0.1, 0.15) is 0 Å². The molecule has 2 rings (SSSR count). The van der Waals surface area contributed by atoms with Crippen LogP contribution in [0.1, 0.15) is 9.67 Å². The summed E-state index contributed by atoms with van der Waals surface area (Å²) in [5.74, 6) is 0.118. The van der Waals surface area contributed by atoms with Crippen LogP contribution in [0.4, 0.5) is 0 Å². The van der Waals surface area contributed by atoms with Crippen molar-refractivity contribution in [3.05, 3.63) is 20.8 Å². The fraction of sp³-hybridized carbons (Fsp3) is 0.444. The number of carbonyl (C=O) groups is 1. The highest BCUT2D eigenvalue weighted by Gasteiger charge is 2.26. The number of likely N-dealkylation sites (N-methyl/N-ethyl adjacent to an activating group) is 1. The van der Waals surface area contributed by atoms with Crippen molar-refractivity contribution in [3.63, 3.8) is 0 Å². The van der Waals surface area contributed by atoms with E-state index >= 15 is 0 Å². The van der Waals surface area contributed by atoms with Gasteiger partial charge in [-0.25, -0.2) is 0 Å². The summed E-state index contributed by atoms with van der Waals surface area (Å²) in [6.07, 6.45) is 0. The van der Waals surface area contributed by atoms with Gasteiger partial charge in [-0.3, -0.25) is 4.79 Å². The number of thiophene rings is 1. The number of amides is 1. The van der Waals surface area contributed by atoms with Crippen molar-refractivity contribution in [2.75, 3.05) is 20.1 Å². The molecular formula is C9H12BrClN2OS. The van der Waals surface area contributed by atoms with Crippen LogP contribution in [-0.2, 0) is 0 Å². The highest BCUT2D eigenvalue weighted by atomic mass is 79.9. The van der Waals surface area contributed by atoms with Crippen LogP contribution in [0.5, 0.6) is 0 Å². The van der Waals surface area contributed by atoms with Crippen molar-refractivity contribution in [2.45, 2.75) is 6.04 Å². The molecule has 0 aromatic carbocycles. The van der Waals surface area contributed by atoms with Gasteiger partial charge in [-0.05, 0) is 28.1 Å². The Morgan fingerprint density at radius 1 is 1.60 bits per heavy atom. The van der Waals surface area contributed by atoms with Crippen LogP contribution in [0.3, 0.4) is 0 Å². The number of halogens is 2. The molecule has 1 N–H and O–H groups in total. The van der Waals surface area contributed by atoms with Crippen molar-refractivity contribution in [1.82, 2.24) is 10.2 Å². The lowest BCUT2D eigenvalue weighted by Gasteiger charge is -2.35. The smallest absolute Gasteiger partial charge is 0.264 e. The minimum Gasteiger partial charge on any atom is -0.335 e. The lowest BCUT2D eigenvalue weighted by molar-refractivity contribution is 0.0686. The second-order valence-electron chi connectivity index (χ2n) is 3.33. The van der Waals surface area contributed by atoms with E-state index in [2.05, 4.69) is 21.2 Å². The van der Waals surface area contributed by atoms with Gasteiger partial charge in [-0.15, -0.1) is 23.7 Å². The summed E-state index contributed by atoms with van der Waals surface area (Å²) in [4.78, 5) is 14.5. The van der Waals surface area contributed by atoms with Crippen LogP contribution >= 0.6 is 39.7 Å². The van der Waals surface area contributed by atoms with E-state index in [1.165, 1.54) is 11.3 Å². The highest BCUT2D eigenvalue weighted by Crippen LogP contribution is 2.23. The predicted molar refractivity (Wildman–Crippen MR) is 68.0 cm³/mol. The molecule has 1 fully saturated rings. The third-order valence-corrected chi connectivity index (χ3v) is 4.02. The number of rotatable bonds is 2. The molecule has 84 valence electrons. The molecule has 0 saturated carbocycles. The molecule has 0 unspecified atom stereocenters. The molecule has 0 radical (unpaired) electrons. The largest absolute Gasteiger partial charge is 0.335 e. The van der Waals surface area contributed by atoms with Crippen LogP contribution in [0, 0.1) is 0 Å². The van der Waals surface area contributed by atoms with E-state index in [-0.39, 0.29) is 18.3 Å². The first-order valence-corrected chi connectivity index (χ1v) is 6.02. The Morgan fingerprint density at radius 2 is 2.27 bits per heavy atom. The SMILES string of the molecule is CN(C(=O)c1ccc(Br)s1)C1CNC1.Cl. The van der Waals surface area contributed by atoms with E-state index in [0.29, 0.717) is 6.04 Å². The molecular weight excluding hydrogens is 300 g/mol. The maximum absolute atomic E-state index is 11.9. The summed E-state index contributed by atoms with van der Waals surface area (Å²) in [5.41, 5.74) is 0. The Morgan fingerprint density at radius 3 is 2.67 bits per heavy atom. The van der Waals surface area contributed by atoms with Crippen LogP contribution in [-0.4, -0.2) is 37.0 Å². The summed E-state index contributed by atoms with van der Waals surface area (Å²) in [6.45, 7) is 1.82. The summed E-state index contributed by atoms with van der Waals surface area (Å²) in [6, 6.07) is 4.13. The zero-order valence-corrected chi connectivity index (χ0v) is 11.4. The summed E-state index contributed by atoms with van der Waals surface area (Å²) in [5, 5.41) is 3.15. The molecule has 1 amide bonds. The Balaban J connectivity index is 0.00000112. The molecule has 1 aromatic rings. The van der Waals surface area contributed by atoms with Crippen molar-refractivity contribution < 1.29 is 4.79 Å². The minimum atomic E-state index is 0. The Labute approximate surface area is 107 Å². The number of nitrogens with one attached hydrogen (secondary N) is 1. The normalized spacial score (nSPS) is 15.3. The van der Waals surface area contributed by atoms with Crippen LogP contribution in [0.15, 0.2) is 15.9 Å². The maximum atomic E-state index is 11.9. The molecule has 0 aliphatic carbocycles. The number of hydrogen-bond acceptors (Lipinski definition) is 3. The molecule has 0 atom stereocenters. The van der Waals surface area contributed by atoms with Gasteiger partial charge in [0.15, 0.2) is 0 Å². The molecule has 1 saturated heterocycles. The van der Waals surface area contributed by atoms with Gasteiger partial charge in [-0.1, -0.05) is 0 Å². The first-order chi connectivity index (χ1) is 6.68. The van der Waals surface area contributed by atoms with Crippen molar-refractivity contribution in [2.24, 2.45) is 0 Å². The summed E-state index contributed by atoms with van der Waals surface area (Å²) >= 11 is 4.83. The third-order valence-electron chi connectivity index (χ3n) is 2.41. The topological polar surface area (TPSA) is 32.3 Å². The zero-order chi connectivity index (χ0) is 10.1. The van der Waals surface area contributed by atoms with Gasteiger partial charge in [-0.2, -0.15) is 0 Å². The first kappa shape index (κ1) is 13.0. The molecule has 15 heavy (non-hydrogen) atoms. The van der Waals surface area contributed by atoms with Crippen LogP contribution < -0.4 is 5.32 Å². The average Bonchev–Trinajstić information content (AvgIpc) is 2.47. The maximum Gasteiger partial charge on any atom is 0.264 e. The molecule has 2 heterocycles. The highest BCUT2D eigenvalue weighted by molar-refractivity contribution is 9.11. The van der Waals surface area contributed by atoms with E-state index in [0.717, 1.165) is 21.8 Å². The molecule has 1 aromatic heterocycles. The summed E-state index contributed by atoms with van der Waals surface area (Å²) < 4.78 is 1.00. The number of nitrogens with zero attached hydrogens (tertiary/aromatic N) is 1. The average molecular weight is 312 g/mol. The second-order valence-corrected chi connectivity index (χ2v) is 5.79. The van der Waals surface area contributed by atoms with Gasteiger partial charge < -0.3 is 10.2 Å². The van der Waals surface area contributed by atoms with Crippen LogP contribution in [0.25, 0.3) is 0 Å². The molecule has 1 aliphatic rings. The predicted octanol–water partition coefficient (Wildman–Crippen LogP) is 1.98. The summed E-state index contributed by atoms with van der Waals surface area (Å²) in [7, 11) is 1.86. The van der Waals surface area contributed by atoms with Gasteiger partial charge in [0, 0.05) is 20.1 Å². The number of hydrogen-bond donors (Lipinski definition) is 1. The lowest BCUT2D eigenvalue weighted by Crippen LogP contribution is -2.57. The fourth-order valence-corrected chi connectivity index (χ4v) is 2.69. The third kappa shape index (κ3) is 2.72. The van der Waals surface area contributed by atoms with Gasteiger partial charge in [0.25, 0.3) is 5.91 Å². The zero-order valence-electron chi connectivity index (χ0n) is 8.20.